The van der Waals surface area contributed by atoms with Crippen LogP contribution in [-0.2, 0) is 20.8 Å². The number of ether oxygens (including phenoxy) is 2. The molecular weight excluding hydrogens is 478 g/mol. The number of nitrogens with one attached hydrogen (secondary N) is 3. The third kappa shape index (κ3) is 7.46. The second-order valence-electron chi connectivity index (χ2n) is 6.89. The van der Waals surface area contributed by atoms with Crippen LogP contribution in [0.5, 0.6) is 11.5 Å². The number of benzene rings is 2. The highest BCUT2D eigenvalue weighted by Crippen LogP contribution is 2.28. The molecule has 178 valence electrons. The summed E-state index contributed by atoms with van der Waals surface area (Å²) in [5, 5.41) is 16.4. The molecule has 1 aromatic heterocycles. The first-order valence-corrected chi connectivity index (χ1v) is 11.8. The van der Waals surface area contributed by atoms with Crippen molar-refractivity contribution in [2.24, 2.45) is 0 Å². The lowest BCUT2D eigenvalue weighted by Gasteiger charge is -2.09. The monoisotopic (exact) mass is 501 g/mol. The molecule has 3 rings (SSSR count). The fourth-order valence-electron chi connectivity index (χ4n) is 2.86. The van der Waals surface area contributed by atoms with Crippen molar-refractivity contribution in [2.45, 2.75) is 17.7 Å². The predicted octanol–water partition coefficient (Wildman–Crippen LogP) is 3.43. The van der Waals surface area contributed by atoms with Gasteiger partial charge in [-0.2, -0.15) is 0 Å². The summed E-state index contributed by atoms with van der Waals surface area (Å²) in [5.74, 6) is 0.556. The Kier molecular flexibility index (Phi) is 8.82. The summed E-state index contributed by atoms with van der Waals surface area (Å²) < 4.78 is 11.0. The van der Waals surface area contributed by atoms with E-state index in [0.717, 1.165) is 5.56 Å². The van der Waals surface area contributed by atoms with Gasteiger partial charge in [0, 0.05) is 18.3 Å². The van der Waals surface area contributed by atoms with Crippen molar-refractivity contribution >= 4 is 57.3 Å². The zero-order valence-electron chi connectivity index (χ0n) is 18.7. The largest absolute Gasteiger partial charge is 0.493 e. The minimum atomic E-state index is -0.253. The molecule has 0 aliphatic rings. The number of hydrogen-bond acceptors (Lipinski definition) is 9. The van der Waals surface area contributed by atoms with E-state index >= 15 is 0 Å². The van der Waals surface area contributed by atoms with Gasteiger partial charge >= 0.3 is 0 Å². The van der Waals surface area contributed by atoms with Gasteiger partial charge in [-0.05, 0) is 35.9 Å². The number of carbonyl (C=O) groups is 3. The van der Waals surface area contributed by atoms with E-state index in [1.165, 1.54) is 37.1 Å². The lowest BCUT2D eigenvalue weighted by atomic mass is 10.1. The van der Waals surface area contributed by atoms with Gasteiger partial charge in [-0.1, -0.05) is 35.2 Å². The maximum absolute atomic E-state index is 12.4. The van der Waals surface area contributed by atoms with E-state index in [0.29, 0.717) is 32.3 Å². The highest BCUT2D eigenvalue weighted by molar-refractivity contribution is 8.01. The molecule has 12 heteroatoms. The van der Waals surface area contributed by atoms with Crippen LogP contribution in [0.15, 0.2) is 46.8 Å². The summed E-state index contributed by atoms with van der Waals surface area (Å²) in [4.78, 5) is 35.8. The number of aromatic nitrogens is 2. The molecule has 3 amide bonds. The zero-order chi connectivity index (χ0) is 24.5. The van der Waals surface area contributed by atoms with Crippen LogP contribution in [0.25, 0.3) is 0 Å². The number of amides is 3. The molecule has 0 saturated carbocycles. The van der Waals surface area contributed by atoms with E-state index in [9.17, 15) is 14.4 Å². The quantitative estimate of drug-likeness (QED) is 0.284. The molecular formula is C22H23N5O5S2. The number of rotatable bonds is 10. The van der Waals surface area contributed by atoms with E-state index in [2.05, 4.69) is 26.1 Å². The molecule has 3 aromatic rings. The SMILES string of the molecule is COc1ccc(CC(=O)Nc2nnc(SCC(=O)Nc3cccc(NC(C)=O)c3)s2)cc1OC. The Morgan fingerprint density at radius 2 is 1.65 bits per heavy atom. The normalized spacial score (nSPS) is 10.3. The Labute approximate surface area is 204 Å². The number of carbonyl (C=O) groups excluding carboxylic acids is 3. The van der Waals surface area contributed by atoms with Crippen LogP contribution < -0.4 is 25.4 Å². The zero-order valence-corrected chi connectivity index (χ0v) is 20.3. The van der Waals surface area contributed by atoms with Crippen molar-refractivity contribution in [3.8, 4) is 11.5 Å². The van der Waals surface area contributed by atoms with Crippen LogP contribution in [0.4, 0.5) is 16.5 Å². The summed E-state index contributed by atoms with van der Waals surface area (Å²) >= 11 is 2.38. The predicted molar refractivity (Wildman–Crippen MR) is 132 cm³/mol. The van der Waals surface area contributed by atoms with Crippen LogP contribution in [0, 0.1) is 0 Å². The summed E-state index contributed by atoms with van der Waals surface area (Å²) in [5.41, 5.74) is 1.92. The van der Waals surface area contributed by atoms with Gasteiger partial charge in [0.1, 0.15) is 0 Å². The van der Waals surface area contributed by atoms with Gasteiger partial charge in [-0.3, -0.25) is 14.4 Å². The van der Waals surface area contributed by atoms with Gasteiger partial charge < -0.3 is 25.4 Å². The molecule has 0 radical (unpaired) electrons. The molecule has 0 bridgehead atoms. The Balaban J connectivity index is 1.48. The third-order valence-electron chi connectivity index (χ3n) is 4.26. The molecule has 0 aliphatic heterocycles. The maximum Gasteiger partial charge on any atom is 0.234 e. The Morgan fingerprint density at radius 3 is 2.35 bits per heavy atom. The first kappa shape index (κ1) is 25.0. The highest BCUT2D eigenvalue weighted by atomic mass is 32.2. The summed E-state index contributed by atoms with van der Waals surface area (Å²) in [6.45, 7) is 1.41. The smallest absolute Gasteiger partial charge is 0.234 e. The molecule has 1 heterocycles. The van der Waals surface area contributed by atoms with E-state index in [4.69, 9.17) is 9.47 Å². The number of thioether (sulfide) groups is 1. The number of nitrogens with zero attached hydrogens (tertiary/aromatic N) is 2. The maximum atomic E-state index is 12.4. The van der Waals surface area contributed by atoms with Crippen molar-refractivity contribution < 1.29 is 23.9 Å². The average molecular weight is 502 g/mol. The Bertz CT molecular complexity index is 1180. The minimum absolute atomic E-state index is 0.110. The molecule has 0 saturated heterocycles. The second kappa shape index (κ2) is 12.0. The van der Waals surface area contributed by atoms with E-state index in [-0.39, 0.29) is 29.9 Å². The van der Waals surface area contributed by atoms with Crippen LogP contribution in [-0.4, -0.2) is 47.9 Å². The van der Waals surface area contributed by atoms with Crippen molar-refractivity contribution in [1.82, 2.24) is 10.2 Å². The average Bonchev–Trinajstić information content (AvgIpc) is 3.24. The van der Waals surface area contributed by atoms with Gasteiger partial charge in [0.2, 0.25) is 22.9 Å². The Morgan fingerprint density at radius 1 is 0.912 bits per heavy atom. The molecule has 0 atom stereocenters. The first-order valence-electron chi connectivity index (χ1n) is 10.0. The van der Waals surface area contributed by atoms with Gasteiger partial charge in [0.15, 0.2) is 15.8 Å². The van der Waals surface area contributed by atoms with Gasteiger partial charge in [0.25, 0.3) is 0 Å². The van der Waals surface area contributed by atoms with E-state index < -0.39 is 0 Å². The topological polar surface area (TPSA) is 132 Å². The van der Waals surface area contributed by atoms with Crippen LogP contribution >= 0.6 is 23.1 Å². The standard InChI is InChI=1S/C22H23N5O5S2/c1-13(28)23-15-5-4-6-16(11-15)24-20(30)12-33-22-27-26-21(34-22)25-19(29)10-14-7-8-17(31-2)18(9-14)32-3/h4-9,11H,10,12H2,1-3H3,(H,23,28)(H,24,30)(H,25,26,29). The fraction of sp³-hybridized carbons (Fsp3) is 0.227. The molecule has 0 fully saturated rings. The first-order chi connectivity index (χ1) is 16.4. The minimum Gasteiger partial charge on any atom is -0.493 e. The van der Waals surface area contributed by atoms with Crippen molar-refractivity contribution in [1.29, 1.82) is 0 Å². The molecule has 3 N–H and O–H groups in total. The molecule has 0 aliphatic carbocycles. The fourth-order valence-corrected chi connectivity index (χ4v) is 4.43. The number of methoxy groups -OCH3 is 2. The lowest BCUT2D eigenvalue weighted by molar-refractivity contribution is -0.116. The third-order valence-corrected chi connectivity index (χ3v) is 6.23. The summed E-state index contributed by atoms with van der Waals surface area (Å²) in [7, 11) is 3.08. The van der Waals surface area contributed by atoms with Crippen LogP contribution in [0.1, 0.15) is 12.5 Å². The summed E-state index contributed by atoms with van der Waals surface area (Å²) in [6, 6.07) is 12.1. The van der Waals surface area contributed by atoms with Gasteiger partial charge in [0.05, 0.1) is 26.4 Å². The molecule has 0 spiro atoms. The Hall–Kier alpha value is -3.64. The van der Waals surface area contributed by atoms with Gasteiger partial charge in [-0.15, -0.1) is 10.2 Å². The number of anilines is 3. The van der Waals surface area contributed by atoms with E-state index in [1.54, 1.807) is 49.6 Å². The van der Waals surface area contributed by atoms with Crippen LogP contribution in [0.3, 0.4) is 0 Å². The van der Waals surface area contributed by atoms with Gasteiger partial charge in [-0.25, -0.2) is 0 Å². The molecule has 0 unspecified atom stereocenters. The molecule has 2 aromatic carbocycles. The summed E-state index contributed by atoms with van der Waals surface area (Å²) in [6.07, 6.45) is 0.127. The van der Waals surface area contributed by atoms with Crippen molar-refractivity contribution in [2.75, 3.05) is 35.9 Å². The van der Waals surface area contributed by atoms with Crippen molar-refractivity contribution in [3.05, 3.63) is 48.0 Å². The molecule has 34 heavy (non-hydrogen) atoms. The number of hydrogen-bond donors (Lipinski definition) is 3. The van der Waals surface area contributed by atoms with Crippen LogP contribution in [0.2, 0.25) is 0 Å². The second-order valence-corrected chi connectivity index (χ2v) is 9.09. The molecule has 10 nitrogen and oxygen atoms in total. The highest BCUT2D eigenvalue weighted by Gasteiger charge is 2.13. The lowest BCUT2D eigenvalue weighted by Crippen LogP contribution is -2.14. The van der Waals surface area contributed by atoms with E-state index in [1.807, 2.05) is 0 Å². The van der Waals surface area contributed by atoms with Crippen molar-refractivity contribution in [3.63, 3.8) is 0 Å².